The first-order valence-corrected chi connectivity index (χ1v) is 9.01. The van der Waals surface area contributed by atoms with Gasteiger partial charge in [-0.25, -0.2) is 0 Å². The van der Waals surface area contributed by atoms with Crippen LogP contribution in [0.25, 0.3) is 0 Å². The molecule has 10 heteroatoms. The number of carbonyl (C=O) groups is 1. The van der Waals surface area contributed by atoms with Crippen molar-refractivity contribution in [2.75, 3.05) is 27.9 Å². The van der Waals surface area contributed by atoms with Crippen molar-refractivity contribution in [2.24, 2.45) is 0 Å². The Hall–Kier alpha value is -2.91. The van der Waals surface area contributed by atoms with Crippen molar-refractivity contribution in [3.8, 4) is 17.2 Å². The summed E-state index contributed by atoms with van der Waals surface area (Å²) < 4.78 is 55.9. The van der Waals surface area contributed by atoms with Gasteiger partial charge in [0, 0.05) is 23.7 Å². The van der Waals surface area contributed by atoms with E-state index in [0.29, 0.717) is 22.9 Å². The Morgan fingerprint density at radius 2 is 1.76 bits per heavy atom. The third-order valence-electron chi connectivity index (χ3n) is 4.63. The van der Waals surface area contributed by atoms with Gasteiger partial charge in [0.15, 0.2) is 17.2 Å². The quantitative estimate of drug-likeness (QED) is 0.719. The zero-order valence-electron chi connectivity index (χ0n) is 16.3. The van der Waals surface area contributed by atoms with E-state index in [1.807, 2.05) is 0 Å². The summed E-state index contributed by atoms with van der Waals surface area (Å²) in [5.74, 6) is 0.700. The van der Waals surface area contributed by atoms with Crippen LogP contribution in [0.15, 0.2) is 18.2 Å². The van der Waals surface area contributed by atoms with Gasteiger partial charge in [-0.3, -0.25) is 9.48 Å². The number of carbonyl (C=O) groups excluding carboxylic acids is 1. The highest BCUT2D eigenvalue weighted by molar-refractivity contribution is 5.95. The molecule has 1 aromatic carbocycles. The molecule has 1 aliphatic rings. The van der Waals surface area contributed by atoms with Crippen molar-refractivity contribution in [2.45, 2.75) is 31.5 Å². The molecule has 0 atom stereocenters. The third-order valence-corrected chi connectivity index (χ3v) is 4.63. The summed E-state index contributed by atoms with van der Waals surface area (Å²) in [7, 11) is 4.33. The van der Waals surface area contributed by atoms with Crippen LogP contribution >= 0.6 is 0 Å². The van der Waals surface area contributed by atoms with Crippen molar-refractivity contribution < 1.29 is 32.2 Å². The van der Waals surface area contributed by atoms with Crippen molar-refractivity contribution >= 4 is 5.91 Å². The van der Waals surface area contributed by atoms with Crippen LogP contribution in [0.4, 0.5) is 13.2 Å². The molecule has 1 aliphatic carbocycles. The maximum absolute atomic E-state index is 13.0. The summed E-state index contributed by atoms with van der Waals surface area (Å²) in [4.78, 5) is 12.5. The highest BCUT2D eigenvalue weighted by Gasteiger charge is 2.37. The lowest BCUT2D eigenvalue weighted by Gasteiger charge is -2.14. The maximum Gasteiger partial charge on any atom is 0.435 e. The van der Waals surface area contributed by atoms with Gasteiger partial charge in [-0.15, -0.1) is 0 Å². The smallest absolute Gasteiger partial charge is 0.435 e. The number of rotatable bonds is 8. The molecule has 158 valence electrons. The van der Waals surface area contributed by atoms with Gasteiger partial charge in [-0.2, -0.15) is 18.3 Å². The molecule has 1 N–H and O–H groups in total. The van der Waals surface area contributed by atoms with E-state index in [4.69, 9.17) is 14.2 Å². The van der Waals surface area contributed by atoms with Crippen LogP contribution in [0.3, 0.4) is 0 Å². The molecule has 2 aromatic rings. The largest absolute Gasteiger partial charge is 0.493 e. The van der Waals surface area contributed by atoms with Crippen LogP contribution in [0.1, 0.15) is 40.5 Å². The zero-order chi connectivity index (χ0) is 21.2. The Morgan fingerprint density at radius 1 is 1.14 bits per heavy atom. The predicted molar refractivity (Wildman–Crippen MR) is 97.6 cm³/mol. The van der Waals surface area contributed by atoms with Crippen LogP contribution in [0.2, 0.25) is 0 Å². The minimum Gasteiger partial charge on any atom is -0.493 e. The first kappa shape index (κ1) is 20.8. The fraction of sp³-hybridized carbons (Fsp3) is 0.474. The number of amides is 1. The molecule has 0 saturated heterocycles. The number of nitrogens with zero attached hydrogens (tertiary/aromatic N) is 2. The van der Waals surface area contributed by atoms with Gasteiger partial charge in [0.1, 0.15) is 0 Å². The molecular weight excluding hydrogens is 391 g/mol. The van der Waals surface area contributed by atoms with Gasteiger partial charge >= 0.3 is 6.18 Å². The van der Waals surface area contributed by atoms with Gasteiger partial charge in [0.05, 0.1) is 27.9 Å². The lowest BCUT2D eigenvalue weighted by Crippen LogP contribution is -2.28. The number of benzene rings is 1. The Morgan fingerprint density at radius 3 is 2.24 bits per heavy atom. The van der Waals surface area contributed by atoms with E-state index in [-0.39, 0.29) is 24.6 Å². The fourth-order valence-corrected chi connectivity index (χ4v) is 3.05. The summed E-state index contributed by atoms with van der Waals surface area (Å²) in [6, 6.07) is 4.10. The number of alkyl halides is 3. The summed E-state index contributed by atoms with van der Waals surface area (Å²) in [5.41, 5.74) is -0.0759. The fourth-order valence-electron chi connectivity index (χ4n) is 3.05. The molecule has 0 radical (unpaired) electrons. The molecule has 1 heterocycles. The van der Waals surface area contributed by atoms with Crippen LogP contribution in [0.5, 0.6) is 17.2 Å². The minimum absolute atomic E-state index is 0.101. The number of ether oxygens (including phenoxy) is 3. The van der Waals surface area contributed by atoms with Crippen LogP contribution < -0.4 is 19.5 Å². The van der Waals surface area contributed by atoms with E-state index in [1.54, 1.807) is 0 Å². The average Bonchev–Trinajstić information content (AvgIpc) is 3.44. The van der Waals surface area contributed by atoms with E-state index in [0.717, 1.165) is 18.9 Å². The molecule has 1 aromatic heterocycles. The SMILES string of the molecule is COc1cc(C(=O)NCCn2nc(C(F)(F)F)cc2C2CC2)cc(OC)c1OC. The molecule has 1 saturated carbocycles. The van der Waals surface area contributed by atoms with Crippen molar-refractivity contribution in [3.63, 3.8) is 0 Å². The summed E-state index contributed by atoms with van der Waals surface area (Å²) in [6.07, 6.45) is -2.80. The van der Waals surface area contributed by atoms with E-state index < -0.39 is 17.8 Å². The number of methoxy groups -OCH3 is 3. The second kappa shape index (κ2) is 8.22. The monoisotopic (exact) mass is 413 g/mol. The molecule has 0 unspecified atom stereocenters. The van der Waals surface area contributed by atoms with E-state index in [2.05, 4.69) is 10.4 Å². The van der Waals surface area contributed by atoms with Gasteiger partial charge in [0.2, 0.25) is 5.75 Å². The minimum atomic E-state index is -4.49. The third kappa shape index (κ3) is 4.57. The topological polar surface area (TPSA) is 74.6 Å². The summed E-state index contributed by atoms with van der Waals surface area (Å²) in [6.45, 7) is 0.256. The molecule has 1 fully saturated rings. The predicted octanol–water partition coefficient (Wildman–Crippen LogP) is 3.24. The molecular formula is C19H22F3N3O4. The number of halogens is 3. The summed E-state index contributed by atoms with van der Waals surface area (Å²) in [5, 5.41) is 6.36. The van der Waals surface area contributed by atoms with Gasteiger partial charge in [-0.05, 0) is 31.0 Å². The molecule has 1 amide bonds. The summed E-state index contributed by atoms with van der Waals surface area (Å²) >= 11 is 0. The van der Waals surface area contributed by atoms with Crippen molar-refractivity contribution in [1.29, 1.82) is 0 Å². The average molecular weight is 413 g/mol. The Kier molecular flexibility index (Phi) is 5.90. The van der Waals surface area contributed by atoms with Crippen LogP contribution in [0, 0.1) is 0 Å². The highest BCUT2D eigenvalue weighted by Crippen LogP contribution is 2.42. The first-order valence-electron chi connectivity index (χ1n) is 9.01. The number of aromatic nitrogens is 2. The number of hydrogen-bond acceptors (Lipinski definition) is 5. The normalized spacial score (nSPS) is 13.9. The maximum atomic E-state index is 13.0. The molecule has 0 bridgehead atoms. The van der Waals surface area contributed by atoms with E-state index in [9.17, 15) is 18.0 Å². The second-order valence-corrected chi connectivity index (χ2v) is 6.62. The first-order chi connectivity index (χ1) is 13.8. The Labute approximate surface area is 165 Å². The molecule has 7 nitrogen and oxygen atoms in total. The van der Waals surface area contributed by atoms with E-state index in [1.165, 1.54) is 38.1 Å². The lowest BCUT2D eigenvalue weighted by atomic mass is 10.1. The Bertz CT molecular complexity index is 866. The lowest BCUT2D eigenvalue weighted by molar-refractivity contribution is -0.141. The molecule has 0 aliphatic heterocycles. The zero-order valence-corrected chi connectivity index (χ0v) is 16.3. The van der Waals surface area contributed by atoms with Gasteiger partial charge in [-0.1, -0.05) is 0 Å². The van der Waals surface area contributed by atoms with Crippen molar-refractivity contribution in [3.05, 3.63) is 35.2 Å². The van der Waals surface area contributed by atoms with Crippen LogP contribution in [-0.4, -0.2) is 43.6 Å². The highest BCUT2D eigenvalue weighted by atomic mass is 19.4. The molecule has 29 heavy (non-hydrogen) atoms. The van der Waals surface area contributed by atoms with Crippen molar-refractivity contribution in [1.82, 2.24) is 15.1 Å². The Balaban J connectivity index is 1.70. The van der Waals surface area contributed by atoms with Gasteiger partial charge < -0.3 is 19.5 Å². The van der Waals surface area contributed by atoms with E-state index >= 15 is 0 Å². The standard InChI is InChI=1S/C19H22F3N3O4/c1-27-14-8-12(9-15(28-2)17(14)29-3)18(26)23-6-7-25-13(11-4-5-11)10-16(24-25)19(20,21)22/h8-11H,4-7H2,1-3H3,(H,23,26). The number of hydrogen-bond donors (Lipinski definition) is 1. The molecule has 3 rings (SSSR count). The second-order valence-electron chi connectivity index (χ2n) is 6.62. The number of nitrogens with one attached hydrogen (secondary N) is 1. The van der Waals surface area contributed by atoms with Crippen LogP contribution in [-0.2, 0) is 12.7 Å². The van der Waals surface area contributed by atoms with Gasteiger partial charge in [0.25, 0.3) is 5.91 Å². The molecule has 0 spiro atoms.